The molecule has 7 heteroatoms. The fourth-order valence-electron chi connectivity index (χ4n) is 1.65. The van der Waals surface area contributed by atoms with Gasteiger partial charge in [-0.15, -0.1) is 0 Å². The van der Waals surface area contributed by atoms with Crippen LogP contribution >= 0.6 is 0 Å². The number of rotatable bonds is 7. The zero-order valence-electron chi connectivity index (χ0n) is 10.3. The molecule has 0 aliphatic heterocycles. The van der Waals surface area contributed by atoms with Crippen molar-refractivity contribution >= 4 is 5.91 Å². The summed E-state index contributed by atoms with van der Waals surface area (Å²) in [4.78, 5) is 13.2. The summed E-state index contributed by atoms with van der Waals surface area (Å²) in [5.74, 6) is 5.31. The second-order valence-electron chi connectivity index (χ2n) is 3.89. The molecule has 1 aromatic rings. The van der Waals surface area contributed by atoms with Crippen LogP contribution in [-0.2, 0) is 6.54 Å². The van der Waals surface area contributed by atoms with Gasteiger partial charge in [0.25, 0.3) is 0 Å². The first kappa shape index (κ1) is 14.7. The van der Waals surface area contributed by atoms with Gasteiger partial charge in [-0.2, -0.15) is 0 Å². The standard InChI is InChI=1S/C11H19N3O4/c1-8-9(6-10(18-8)11(17)13-12)7-14(2-4-15)3-5-16/h6,15-16H,2-5,7,12H2,1H3,(H,13,17). The summed E-state index contributed by atoms with van der Waals surface area (Å²) >= 11 is 0. The molecule has 1 aromatic heterocycles. The lowest BCUT2D eigenvalue weighted by Crippen LogP contribution is -2.30. The third-order valence-corrected chi connectivity index (χ3v) is 2.60. The van der Waals surface area contributed by atoms with E-state index >= 15 is 0 Å². The summed E-state index contributed by atoms with van der Waals surface area (Å²) in [5.41, 5.74) is 2.83. The number of furan rings is 1. The Hall–Kier alpha value is -1.41. The van der Waals surface area contributed by atoms with Crippen molar-refractivity contribution in [3.05, 3.63) is 23.2 Å². The number of carbonyl (C=O) groups excluding carboxylic acids is 1. The van der Waals surface area contributed by atoms with Crippen LogP contribution in [0.15, 0.2) is 10.5 Å². The zero-order valence-corrected chi connectivity index (χ0v) is 10.3. The number of aliphatic hydroxyl groups excluding tert-OH is 2. The Bertz CT molecular complexity index is 386. The smallest absolute Gasteiger partial charge is 0.300 e. The maximum atomic E-state index is 11.3. The van der Waals surface area contributed by atoms with Gasteiger partial charge in [-0.3, -0.25) is 15.1 Å². The number of hydrogen-bond donors (Lipinski definition) is 4. The fraction of sp³-hybridized carbons (Fsp3) is 0.545. The summed E-state index contributed by atoms with van der Waals surface area (Å²) in [6, 6.07) is 1.61. The predicted octanol–water partition coefficient (Wildman–Crippen LogP) is -1.02. The molecular weight excluding hydrogens is 238 g/mol. The van der Waals surface area contributed by atoms with Crippen LogP contribution in [-0.4, -0.2) is 47.3 Å². The summed E-state index contributed by atoms with van der Waals surface area (Å²) in [5, 5.41) is 17.8. The van der Waals surface area contributed by atoms with E-state index in [-0.39, 0.29) is 19.0 Å². The first-order chi connectivity index (χ1) is 8.62. The van der Waals surface area contributed by atoms with Gasteiger partial charge in [-0.05, 0) is 13.0 Å². The number of nitrogens with zero attached hydrogens (tertiary/aromatic N) is 1. The molecule has 0 radical (unpaired) electrons. The highest BCUT2D eigenvalue weighted by Gasteiger charge is 2.15. The topological polar surface area (TPSA) is 112 Å². The lowest BCUT2D eigenvalue weighted by Gasteiger charge is -2.19. The SMILES string of the molecule is Cc1oc(C(=O)NN)cc1CN(CCO)CCO. The highest BCUT2D eigenvalue weighted by atomic mass is 16.4. The Balaban J connectivity index is 2.76. The van der Waals surface area contributed by atoms with Crippen LogP contribution in [0.5, 0.6) is 0 Å². The van der Waals surface area contributed by atoms with E-state index in [1.807, 2.05) is 10.3 Å². The number of carbonyl (C=O) groups is 1. The van der Waals surface area contributed by atoms with E-state index in [2.05, 4.69) is 0 Å². The van der Waals surface area contributed by atoms with Gasteiger partial charge < -0.3 is 14.6 Å². The summed E-state index contributed by atoms with van der Waals surface area (Å²) in [6.07, 6.45) is 0. The minimum absolute atomic E-state index is 0.00699. The monoisotopic (exact) mass is 257 g/mol. The van der Waals surface area contributed by atoms with Gasteiger partial charge in [0, 0.05) is 25.2 Å². The van der Waals surface area contributed by atoms with Crippen LogP contribution in [0.25, 0.3) is 0 Å². The number of nitrogen functional groups attached to an aromatic ring is 1. The molecular formula is C11H19N3O4. The number of nitrogens with one attached hydrogen (secondary N) is 1. The number of amides is 1. The van der Waals surface area contributed by atoms with E-state index in [1.165, 1.54) is 0 Å². The quantitative estimate of drug-likeness (QED) is 0.282. The van der Waals surface area contributed by atoms with Gasteiger partial charge in [0.1, 0.15) is 5.76 Å². The molecule has 0 aliphatic rings. The minimum Gasteiger partial charge on any atom is -0.456 e. The molecule has 102 valence electrons. The van der Waals surface area contributed by atoms with Crippen LogP contribution in [0.3, 0.4) is 0 Å². The van der Waals surface area contributed by atoms with Crippen LogP contribution in [0.2, 0.25) is 0 Å². The summed E-state index contributed by atoms with van der Waals surface area (Å²) < 4.78 is 5.28. The molecule has 0 aromatic carbocycles. The first-order valence-corrected chi connectivity index (χ1v) is 5.66. The molecule has 0 bridgehead atoms. The Morgan fingerprint density at radius 3 is 2.56 bits per heavy atom. The van der Waals surface area contributed by atoms with Crippen molar-refractivity contribution in [1.29, 1.82) is 0 Å². The van der Waals surface area contributed by atoms with Crippen molar-refractivity contribution in [3.63, 3.8) is 0 Å². The molecule has 0 fully saturated rings. The molecule has 5 N–H and O–H groups in total. The van der Waals surface area contributed by atoms with Gasteiger partial charge in [0.15, 0.2) is 5.76 Å². The second-order valence-corrected chi connectivity index (χ2v) is 3.89. The van der Waals surface area contributed by atoms with Crippen LogP contribution in [0, 0.1) is 6.92 Å². The largest absolute Gasteiger partial charge is 0.456 e. The number of hydrazine groups is 1. The molecule has 7 nitrogen and oxygen atoms in total. The van der Waals surface area contributed by atoms with Crippen LogP contribution < -0.4 is 11.3 Å². The van der Waals surface area contributed by atoms with Gasteiger partial charge in [-0.1, -0.05) is 0 Å². The molecule has 1 amide bonds. The van der Waals surface area contributed by atoms with Crippen molar-refractivity contribution in [2.45, 2.75) is 13.5 Å². The van der Waals surface area contributed by atoms with Gasteiger partial charge in [0.05, 0.1) is 13.2 Å². The second kappa shape index (κ2) is 7.12. The van der Waals surface area contributed by atoms with E-state index in [4.69, 9.17) is 20.5 Å². The third-order valence-electron chi connectivity index (χ3n) is 2.60. The van der Waals surface area contributed by atoms with E-state index in [9.17, 15) is 4.79 Å². The predicted molar refractivity (Wildman–Crippen MR) is 64.5 cm³/mol. The van der Waals surface area contributed by atoms with Crippen molar-refractivity contribution < 1.29 is 19.4 Å². The Labute approximate surface area is 105 Å². The van der Waals surface area contributed by atoms with E-state index < -0.39 is 5.91 Å². The van der Waals surface area contributed by atoms with Crippen molar-refractivity contribution in [2.24, 2.45) is 5.84 Å². The summed E-state index contributed by atoms with van der Waals surface area (Å²) in [6.45, 7) is 3.15. The Morgan fingerprint density at radius 2 is 2.06 bits per heavy atom. The molecule has 0 saturated heterocycles. The van der Waals surface area contributed by atoms with Gasteiger partial charge in [0.2, 0.25) is 0 Å². The number of aryl methyl sites for hydroxylation is 1. The normalized spacial score (nSPS) is 10.9. The molecule has 0 spiro atoms. The maximum absolute atomic E-state index is 11.3. The van der Waals surface area contributed by atoms with Crippen molar-refractivity contribution in [3.8, 4) is 0 Å². The van der Waals surface area contributed by atoms with Gasteiger partial charge in [-0.25, -0.2) is 5.84 Å². The zero-order chi connectivity index (χ0) is 13.5. The van der Waals surface area contributed by atoms with Crippen molar-refractivity contribution in [1.82, 2.24) is 10.3 Å². The maximum Gasteiger partial charge on any atom is 0.300 e. The molecule has 1 heterocycles. The molecule has 0 atom stereocenters. The molecule has 0 aliphatic carbocycles. The summed E-state index contributed by atoms with van der Waals surface area (Å²) in [7, 11) is 0. The van der Waals surface area contributed by atoms with Gasteiger partial charge >= 0.3 is 5.91 Å². The molecule has 0 saturated carbocycles. The van der Waals surface area contributed by atoms with E-state index in [0.717, 1.165) is 5.56 Å². The third kappa shape index (κ3) is 3.81. The highest BCUT2D eigenvalue weighted by molar-refractivity contribution is 5.91. The van der Waals surface area contributed by atoms with E-state index in [1.54, 1.807) is 13.0 Å². The molecule has 18 heavy (non-hydrogen) atoms. The number of hydrogen-bond acceptors (Lipinski definition) is 6. The fourth-order valence-corrected chi connectivity index (χ4v) is 1.65. The molecule has 1 rings (SSSR count). The highest BCUT2D eigenvalue weighted by Crippen LogP contribution is 2.16. The lowest BCUT2D eigenvalue weighted by atomic mass is 10.2. The number of aliphatic hydroxyl groups is 2. The minimum atomic E-state index is -0.486. The average molecular weight is 257 g/mol. The van der Waals surface area contributed by atoms with Crippen LogP contribution in [0.4, 0.5) is 0 Å². The van der Waals surface area contributed by atoms with Crippen LogP contribution in [0.1, 0.15) is 21.9 Å². The molecule has 0 unspecified atom stereocenters. The Morgan fingerprint density at radius 1 is 1.44 bits per heavy atom. The first-order valence-electron chi connectivity index (χ1n) is 5.66. The number of nitrogens with two attached hydrogens (primary N) is 1. The lowest BCUT2D eigenvalue weighted by molar-refractivity contribution is 0.0924. The average Bonchev–Trinajstić information content (AvgIpc) is 2.71. The van der Waals surface area contributed by atoms with Crippen molar-refractivity contribution in [2.75, 3.05) is 26.3 Å². The Kier molecular flexibility index (Phi) is 5.79. The van der Waals surface area contributed by atoms with E-state index in [0.29, 0.717) is 25.4 Å².